The van der Waals surface area contributed by atoms with E-state index in [1.807, 2.05) is 27.8 Å². The van der Waals surface area contributed by atoms with Crippen LogP contribution in [0.15, 0.2) is 0 Å². The van der Waals surface area contributed by atoms with Crippen LogP contribution >= 0.6 is 11.8 Å². The second-order valence-electron chi connectivity index (χ2n) is 5.37. The average Bonchev–Trinajstić information content (AvgIpc) is 2.19. The fourth-order valence-corrected chi connectivity index (χ4v) is 1.99. The molecule has 1 amide bonds. The number of hydrogen-bond acceptors (Lipinski definition) is 4. The molecule has 1 unspecified atom stereocenters. The highest BCUT2D eigenvalue weighted by atomic mass is 32.2. The molecule has 0 aliphatic heterocycles. The highest BCUT2D eigenvalue weighted by Crippen LogP contribution is 2.05. The molecule has 17 heavy (non-hydrogen) atoms. The van der Waals surface area contributed by atoms with Gasteiger partial charge in [0.2, 0.25) is 5.91 Å². The van der Waals surface area contributed by atoms with Gasteiger partial charge in [0.05, 0.1) is 0 Å². The third kappa shape index (κ3) is 8.46. The maximum absolute atomic E-state index is 11.8. The monoisotopic (exact) mass is 261 g/mol. The van der Waals surface area contributed by atoms with Crippen LogP contribution in [0.5, 0.6) is 0 Å². The third-order valence-electron chi connectivity index (χ3n) is 2.48. The second-order valence-corrected chi connectivity index (χ2v) is 6.35. The summed E-state index contributed by atoms with van der Waals surface area (Å²) in [6, 6.07) is 0.129. The highest BCUT2D eigenvalue weighted by molar-refractivity contribution is 7.98. The van der Waals surface area contributed by atoms with E-state index in [1.165, 1.54) is 0 Å². The number of carbonyl (C=O) groups excluding carboxylic acids is 1. The van der Waals surface area contributed by atoms with E-state index in [9.17, 15) is 4.79 Å². The second kappa shape index (κ2) is 7.95. The lowest BCUT2D eigenvalue weighted by Crippen LogP contribution is -2.46. The van der Waals surface area contributed by atoms with E-state index >= 15 is 0 Å². The van der Waals surface area contributed by atoms with Crippen molar-refractivity contribution in [1.82, 2.24) is 10.2 Å². The molecule has 0 heterocycles. The van der Waals surface area contributed by atoms with Crippen LogP contribution in [0.4, 0.5) is 0 Å². The van der Waals surface area contributed by atoms with Crippen molar-refractivity contribution in [2.24, 2.45) is 5.73 Å². The van der Waals surface area contributed by atoms with Crippen molar-refractivity contribution in [3.8, 4) is 0 Å². The number of nitrogens with zero attached hydrogens (tertiary/aromatic N) is 1. The summed E-state index contributed by atoms with van der Waals surface area (Å²) in [5.41, 5.74) is 5.56. The van der Waals surface area contributed by atoms with E-state index < -0.39 is 0 Å². The van der Waals surface area contributed by atoms with Crippen LogP contribution in [0.1, 0.15) is 27.2 Å². The lowest BCUT2D eigenvalue weighted by atomic mass is 10.1. The Labute approximate surface area is 110 Å². The summed E-state index contributed by atoms with van der Waals surface area (Å²) in [5.74, 6) is 1.14. The Kier molecular flexibility index (Phi) is 7.83. The molecule has 0 saturated heterocycles. The Morgan fingerprint density at radius 1 is 1.47 bits per heavy atom. The Bertz CT molecular complexity index is 228. The fourth-order valence-electron chi connectivity index (χ4n) is 1.52. The van der Waals surface area contributed by atoms with Gasteiger partial charge in [0.25, 0.3) is 0 Å². The van der Waals surface area contributed by atoms with E-state index in [0.29, 0.717) is 13.0 Å². The zero-order chi connectivity index (χ0) is 13.5. The van der Waals surface area contributed by atoms with Crippen molar-refractivity contribution in [3.05, 3.63) is 0 Å². The number of rotatable bonds is 7. The topological polar surface area (TPSA) is 58.4 Å². The largest absolute Gasteiger partial charge is 0.351 e. The maximum Gasteiger partial charge on any atom is 0.222 e. The molecule has 0 aliphatic rings. The lowest BCUT2D eigenvalue weighted by Gasteiger charge is -2.28. The lowest BCUT2D eigenvalue weighted by molar-refractivity contribution is -0.123. The zero-order valence-corrected chi connectivity index (χ0v) is 12.6. The first kappa shape index (κ1) is 16.7. The molecule has 1 atom stereocenters. The van der Waals surface area contributed by atoms with Crippen LogP contribution < -0.4 is 11.1 Å². The van der Waals surface area contributed by atoms with Crippen LogP contribution in [0.2, 0.25) is 0 Å². The molecule has 0 spiro atoms. The molecule has 0 rings (SSSR count). The summed E-state index contributed by atoms with van der Waals surface area (Å²) < 4.78 is 0. The minimum atomic E-state index is -0.173. The SMILES string of the molecule is CSCCN(C)C(CN)CC(=O)NC(C)(C)C. The molecule has 0 saturated carbocycles. The Hall–Kier alpha value is -0.260. The summed E-state index contributed by atoms with van der Waals surface area (Å²) >= 11 is 1.80. The van der Waals surface area contributed by atoms with Crippen LogP contribution in [0.25, 0.3) is 0 Å². The van der Waals surface area contributed by atoms with Crippen LogP contribution in [-0.2, 0) is 4.79 Å². The Balaban J connectivity index is 4.15. The quantitative estimate of drug-likeness (QED) is 0.715. The molecule has 0 radical (unpaired) electrons. The summed E-state index contributed by atoms with van der Waals surface area (Å²) in [6.07, 6.45) is 2.55. The Morgan fingerprint density at radius 3 is 2.47 bits per heavy atom. The minimum absolute atomic E-state index is 0.0731. The van der Waals surface area contributed by atoms with Gasteiger partial charge in [0, 0.05) is 36.8 Å². The molecule has 0 aromatic carbocycles. The number of likely N-dealkylation sites (N-methyl/N-ethyl adjacent to an activating group) is 1. The number of thioether (sulfide) groups is 1. The molecule has 3 N–H and O–H groups in total. The fraction of sp³-hybridized carbons (Fsp3) is 0.917. The first-order valence-electron chi connectivity index (χ1n) is 6.00. The molecule has 0 fully saturated rings. The van der Waals surface area contributed by atoms with Crippen molar-refractivity contribution in [3.63, 3.8) is 0 Å². The third-order valence-corrected chi connectivity index (χ3v) is 3.07. The number of hydrogen-bond donors (Lipinski definition) is 2. The summed E-state index contributed by atoms with van der Waals surface area (Å²) in [7, 11) is 2.03. The van der Waals surface area contributed by atoms with Gasteiger partial charge < -0.3 is 16.0 Å². The van der Waals surface area contributed by atoms with Gasteiger partial charge >= 0.3 is 0 Å². The number of carbonyl (C=O) groups is 1. The average molecular weight is 261 g/mol. The van der Waals surface area contributed by atoms with Crippen molar-refractivity contribution in [2.75, 3.05) is 32.1 Å². The first-order chi connectivity index (χ1) is 7.80. The predicted octanol–water partition coefficient (Wildman–Crippen LogP) is 0.913. The molecular weight excluding hydrogens is 234 g/mol. The van der Waals surface area contributed by atoms with Gasteiger partial charge in [0.15, 0.2) is 0 Å². The molecule has 0 bridgehead atoms. The highest BCUT2D eigenvalue weighted by Gasteiger charge is 2.20. The van der Waals surface area contributed by atoms with Crippen LogP contribution in [0.3, 0.4) is 0 Å². The molecule has 102 valence electrons. The molecule has 0 aromatic rings. The van der Waals surface area contributed by atoms with E-state index in [4.69, 9.17) is 5.73 Å². The van der Waals surface area contributed by atoms with E-state index in [1.54, 1.807) is 11.8 Å². The van der Waals surface area contributed by atoms with E-state index in [-0.39, 0.29) is 17.5 Å². The summed E-state index contributed by atoms with van der Waals surface area (Å²) in [6.45, 7) is 7.44. The number of nitrogens with one attached hydrogen (secondary N) is 1. The van der Waals surface area contributed by atoms with E-state index in [2.05, 4.69) is 16.5 Å². The predicted molar refractivity (Wildman–Crippen MR) is 76.4 cm³/mol. The van der Waals surface area contributed by atoms with E-state index in [0.717, 1.165) is 12.3 Å². The molecular formula is C12H27N3OS. The van der Waals surface area contributed by atoms with Crippen molar-refractivity contribution < 1.29 is 4.79 Å². The molecule has 4 nitrogen and oxygen atoms in total. The number of nitrogens with two attached hydrogens (primary N) is 1. The smallest absolute Gasteiger partial charge is 0.222 e. The van der Waals surface area contributed by atoms with Gasteiger partial charge in [-0.1, -0.05) is 0 Å². The van der Waals surface area contributed by atoms with Crippen LogP contribution in [0, 0.1) is 0 Å². The molecule has 0 aliphatic carbocycles. The van der Waals surface area contributed by atoms with Crippen molar-refractivity contribution >= 4 is 17.7 Å². The molecule has 0 aromatic heterocycles. The van der Waals surface area contributed by atoms with Gasteiger partial charge in [0.1, 0.15) is 0 Å². The van der Waals surface area contributed by atoms with Crippen molar-refractivity contribution in [2.45, 2.75) is 38.8 Å². The first-order valence-corrected chi connectivity index (χ1v) is 7.39. The van der Waals surface area contributed by atoms with Gasteiger partial charge in [-0.2, -0.15) is 11.8 Å². The maximum atomic E-state index is 11.8. The van der Waals surface area contributed by atoms with Gasteiger partial charge in [-0.25, -0.2) is 0 Å². The summed E-state index contributed by atoms with van der Waals surface area (Å²) in [5, 5.41) is 2.97. The Morgan fingerprint density at radius 2 is 2.06 bits per heavy atom. The zero-order valence-electron chi connectivity index (χ0n) is 11.7. The molecule has 5 heteroatoms. The number of amides is 1. The normalized spacial score (nSPS) is 13.8. The van der Waals surface area contributed by atoms with Gasteiger partial charge in [-0.3, -0.25) is 4.79 Å². The van der Waals surface area contributed by atoms with Crippen molar-refractivity contribution in [1.29, 1.82) is 0 Å². The van der Waals surface area contributed by atoms with Crippen LogP contribution in [-0.4, -0.2) is 54.5 Å². The standard InChI is InChI=1S/C12H27N3OS/c1-12(2,3)14-11(16)8-10(9-13)15(4)6-7-17-5/h10H,6-9,13H2,1-5H3,(H,14,16). The van der Waals surface area contributed by atoms with Gasteiger partial charge in [-0.05, 0) is 34.1 Å². The van der Waals surface area contributed by atoms with Gasteiger partial charge in [-0.15, -0.1) is 0 Å². The summed E-state index contributed by atoms with van der Waals surface area (Å²) in [4.78, 5) is 14.0. The minimum Gasteiger partial charge on any atom is -0.351 e.